The van der Waals surface area contributed by atoms with E-state index in [4.69, 9.17) is 0 Å². The Morgan fingerprint density at radius 3 is 2.62 bits per heavy atom. The number of hydrogen-bond acceptors (Lipinski definition) is 4. The van der Waals surface area contributed by atoms with E-state index in [9.17, 15) is 4.79 Å². The molecule has 110 valence electrons. The predicted octanol–water partition coefficient (Wildman–Crippen LogP) is 2.88. The lowest BCUT2D eigenvalue weighted by Crippen LogP contribution is -2.46. The number of aryl methyl sites for hydroxylation is 1. The highest BCUT2D eigenvalue weighted by molar-refractivity contribution is 7.09. The molecule has 0 unspecified atom stereocenters. The maximum atomic E-state index is 13.0. The molecular formula is C17H20N2OS. The molecule has 0 spiro atoms. The third-order valence-corrected chi connectivity index (χ3v) is 5.26. The molecule has 0 amide bonds. The van der Waals surface area contributed by atoms with Gasteiger partial charge in [-0.1, -0.05) is 30.3 Å². The van der Waals surface area contributed by atoms with Crippen molar-refractivity contribution in [3.8, 4) is 0 Å². The van der Waals surface area contributed by atoms with Crippen LogP contribution in [-0.4, -0.2) is 23.9 Å². The van der Waals surface area contributed by atoms with Gasteiger partial charge in [0.2, 0.25) is 0 Å². The van der Waals surface area contributed by atoms with Crippen molar-refractivity contribution >= 4 is 17.1 Å². The second kappa shape index (κ2) is 6.08. The molecule has 1 aromatic carbocycles. The molecule has 1 aromatic heterocycles. The van der Waals surface area contributed by atoms with Crippen LogP contribution in [0, 0.1) is 6.92 Å². The molecule has 1 N–H and O–H groups in total. The standard InChI is InChI=1S/C17H20N2OS/c1-13-12-21-16(19-13)11-15(20)17(7-9-18-10-8-17)14-5-3-2-4-6-14/h2-6,12,18H,7-11H2,1H3. The van der Waals surface area contributed by atoms with Crippen LogP contribution in [0.15, 0.2) is 35.7 Å². The zero-order valence-corrected chi connectivity index (χ0v) is 13.1. The minimum atomic E-state index is -0.341. The number of aromatic nitrogens is 1. The van der Waals surface area contributed by atoms with Gasteiger partial charge in [0.05, 0.1) is 11.8 Å². The maximum Gasteiger partial charge on any atom is 0.150 e. The van der Waals surface area contributed by atoms with E-state index in [0.29, 0.717) is 12.2 Å². The zero-order chi connectivity index (χ0) is 14.7. The maximum absolute atomic E-state index is 13.0. The van der Waals surface area contributed by atoms with Crippen molar-refractivity contribution in [2.75, 3.05) is 13.1 Å². The Bertz CT molecular complexity index is 615. The first-order valence-electron chi connectivity index (χ1n) is 7.41. The van der Waals surface area contributed by atoms with Crippen molar-refractivity contribution in [2.24, 2.45) is 0 Å². The number of nitrogens with one attached hydrogen (secondary N) is 1. The molecule has 0 atom stereocenters. The van der Waals surface area contributed by atoms with Gasteiger partial charge in [0.1, 0.15) is 10.8 Å². The lowest BCUT2D eigenvalue weighted by molar-refractivity contribution is -0.125. The molecule has 2 aromatic rings. The number of hydrogen-bond donors (Lipinski definition) is 1. The van der Waals surface area contributed by atoms with Crippen LogP contribution in [0.25, 0.3) is 0 Å². The van der Waals surface area contributed by atoms with E-state index in [-0.39, 0.29) is 5.41 Å². The molecule has 1 fully saturated rings. The Hall–Kier alpha value is -1.52. The van der Waals surface area contributed by atoms with E-state index in [0.717, 1.165) is 42.2 Å². The van der Waals surface area contributed by atoms with Crippen molar-refractivity contribution in [3.63, 3.8) is 0 Å². The lowest BCUT2D eigenvalue weighted by atomic mass is 9.69. The van der Waals surface area contributed by atoms with Crippen LogP contribution in [-0.2, 0) is 16.6 Å². The molecule has 21 heavy (non-hydrogen) atoms. The van der Waals surface area contributed by atoms with Gasteiger partial charge in [0.25, 0.3) is 0 Å². The summed E-state index contributed by atoms with van der Waals surface area (Å²) in [7, 11) is 0. The number of carbonyl (C=O) groups excluding carboxylic acids is 1. The fourth-order valence-corrected chi connectivity index (χ4v) is 3.90. The van der Waals surface area contributed by atoms with Crippen LogP contribution in [0.1, 0.15) is 29.1 Å². The van der Waals surface area contributed by atoms with Crippen LogP contribution in [0.3, 0.4) is 0 Å². The minimum Gasteiger partial charge on any atom is -0.317 e. The smallest absolute Gasteiger partial charge is 0.150 e. The minimum absolute atomic E-state index is 0.310. The average molecular weight is 300 g/mol. The van der Waals surface area contributed by atoms with Gasteiger partial charge in [-0.2, -0.15) is 0 Å². The second-order valence-corrected chi connectivity index (χ2v) is 6.62. The molecule has 0 bridgehead atoms. The summed E-state index contributed by atoms with van der Waals surface area (Å²) < 4.78 is 0. The summed E-state index contributed by atoms with van der Waals surface area (Å²) in [6.07, 6.45) is 2.20. The number of carbonyl (C=O) groups is 1. The first kappa shape index (κ1) is 14.4. The van der Waals surface area contributed by atoms with Gasteiger partial charge >= 0.3 is 0 Å². The highest BCUT2D eigenvalue weighted by Gasteiger charge is 2.40. The molecular weight excluding hydrogens is 280 g/mol. The summed E-state index contributed by atoms with van der Waals surface area (Å²) in [6, 6.07) is 10.2. The molecule has 4 heteroatoms. The summed E-state index contributed by atoms with van der Waals surface area (Å²) >= 11 is 1.59. The first-order chi connectivity index (χ1) is 10.2. The zero-order valence-electron chi connectivity index (χ0n) is 12.3. The molecule has 0 radical (unpaired) electrons. The number of ketones is 1. The highest BCUT2D eigenvalue weighted by Crippen LogP contribution is 2.35. The Morgan fingerprint density at radius 2 is 2.00 bits per heavy atom. The topological polar surface area (TPSA) is 42.0 Å². The first-order valence-corrected chi connectivity index (χ1v) is 8.29. The normalized spacial score (nSPS) is 17.6. The van der Waals surface area contributed by atoms with E-state index in [1.54, 1.807) is 11.3 Å². The van der Waals surface area contributed by atoms with E-state index >= 15 is 0 Å². The van der Waals surface area contributed by atoms with Gasteiger partial charge in [0.15, 0.2) is 0 Å². The third-order valence-electron chi connectivity index (χ3n) is 4.30. The van der Waals surface area contributed by atoms with Crippen molar-refractivity contribution in [1.82, 2.24) is 10.3 Å². The van der Waals surface area contributed by atoms with Crippen molar-refractivity contribution in [2.45, 2.75) is 31.6 Å². The van der Waals surface area contributed by atoms with E-state index < -0.39 is 0 Å². The van der Waals surface area contributed by atoms with Gasteiger partial charge in [-0.3, -0.25) is 4.79 Å². The summed E-state index contributed by atoms with van der Waals surface area (Å²) in [5.41, 5.74) is 1.82. The third kappa shape index (κ3) is 2.92. The average Bonchev–Trinajstić information content (AvgIpc) is 2.94. The molecule has 1 aliphatic heterocycles. The van der Waals surface area contributed by atoms with Crippen LogP contribution in [0.5, 0.6) is 0 Å². The van der Waals surface area contributed by atoms with Gasteiger partial charge in [-0.25, -0.2) is 4.98 Å². The van der Waals surface area contributed by atoms with Crippen molar-refractivity contribution in [3.05, 3.63) is 52.0 Å². The fourth-order valence-electron chi connectivity index (χ4n) is 3.13. The molecule has 2 heterocycles. The molecule has 3 nitrogen and oxygen atoms in total. The van der Waals surface area contributed by atoms with Crippen LogP contribution >= 0.6 is 11.3 Å². The number of piperidine rings is 1. The largest absolute Gasteiger partial charge is 0.317 e. The van der Waals surface area contributed by atoms with E-state index in [2.05, 4.69) is 22.4 Å². The molecule has 1 saturated heterocycles. The quantitative estimate of drug-likeness (QED) is 0.944. The summed E-state index contributed by atoms with van der Waals surface area (Å²) in [5, 5.41) is 6.32. The monoisotopic (exact) mass is 300 g/mol. The number of rotatable bonds is 4. The highest BCUT2D eigenvalue weighted by atomic mass is 32.1. The van der Waals surface area contributed by atoms with Crippen molar-refractivity contribution < 1.29 is 4.79 Å². The molecule has 3 rings (SSSR count). The Morgan fingerprint density at radius 1 is 1.29 bits per heavy atom. The van der Waals surface area contributed by atoms with Crippen molar-refractivity contribution in [1.29, 1.82) is 0 Å². The van der Waals surface area contributed by atoms with E-state index in [1.165, 1.54) is 0 Å². The number of Topliss-reactive ketones (excluding diaryl/α,β-unsaturated/α-hetero) is 1. The SMILES string of the molecule is Cc1csc(CC(=O)C2(c3ccccc3)CCNCC2)n1. The Kier molecular flexibility index (Phi) is 4.17. The van der Waals surface area contributed by atoms with E-state index in [1.807, 2.05) is 30.5 Å². The van der Waals surface area contributed by atoms with Crippen LogP contribution in [0.4, 0.5) is 0 Å². The fraction of sp³-hybridized carbons (Fsp3) is 0.412. The molecule has 1 aliphatic rings. The lowest BCUT2D eigenvalue weighted by Gasteiger charge is -2.36. The Labute approximate surface area is 129 Å². The molecule has 0 aliphatic carbocycles. The number of thiazole rings is 1. The summed E-state index contributed by atoms with van der Waals surface area (Å²) in [6.45, 7) is 3.77. The molecule has 0 saturated carbocycles. The summed E-state index contributed by atoms with van der Waals surface area (Å²) in [4.78, 5) is 17.5. The predicted molar refractivity (Wildman–Crippen MR) is 85.8 cm³/mol. The van der Waals surface area contributed by atoms with Gasteiger partial charge < -0.3 is 5.32 Å². The Balaban J connectivity index is 1.90. The number of nitrogens with zero attached hydrogens (tertiary/aromatic N) is 1. The second-order valence-electron chi connectivity index (χ2n) is 5.68. The van der Waals surface area contributed by atoms with Crippen LogP contribution < -0.4 is 5.32 Å². The number of benzene rings is 1. The van der Waals surface area contributed by atoms with Gasteiger partial charge in [-0.15, -0.1) is 11.3 Å². The summed E-state index contributed by atoms with van der Waals surface area (Å²) in [5.74, 6) is 0.310. The van der Waals surface area contributed by atoms with Gasteiger partial charge in [0, 0.05) is 11.1 Å². The van der Waals surface area contributed by atoms with Crippen LogP contribution in [0.2, 0.25) is 0 Å². The van der Waals surface area contributed by atoms with Gasteiger partial charge in [-0.05, 0) is 38.4 Å².